The fourth-order valence-electron chi connectivity index (χ4n) is 2.61. The van der Waals surface area contributed by atoms with Crippen LogP contribution in [-0.4, -0.2) is 12.5 Å². The van der Waals surface area contributed by atoms with Gasteiger partial charge in [-0.25, -0.2) is 0 Å². The molecule has 0 unspecified atom stereocenters. The number of carbonyl (C=O) groups excluding carboxylic acids is 1. The van der Waals surface area contributed by atoms with Gasteiger partial charge in [0.05, 0.1) is 10.7 Å². The Bertz CT molecular complexity index is 774. The third-order valence-electron chi connectivity index (χ3n) is 3.80. The number of hydrogen-bond acceptors (Lipinski definition) is 2. The van der Waals surface area contributed by atoms with Crippen LogP contribution in [0.15, 0.2) is 34.8 Å². The van der Waals surface area contributed by atoms with Crippen molar-refractivity contribution in [3.8, 4) is 5.75 Å². The van der Waals surface area contributed by atoms with Crippen LogP contribution in [0.2, 0.25) is 5.02 Å². The molecule has 0 heterocycles. The zero-order valence-electron chi connectivity index (χ0n) is 15.2. The van der Waals surface area contributed by atoms with Gasteiger partial charge in [0.2, 0.25) is 0 Å². The maximum absolute atomic E-state index is 12.3. The molecule has 5 heteroatoms. The van der Waals surface area contributed by atoms with Crippen LogP contribution in [0.4, 0.5) is 5.69 Å². The predicted molar refractivity (Wildman–Crippen MR) is 108 cm³/mol. The van der Waals surface area contributed by atoms with Crippen molar-refractivity contribution in [3.05, 3.63) is 56.5 Å². The fraction of sp³-hybridized carbons (Fsp3) is 0.350. The van der Waals surface area contributed by atoms with Gasteiger partial charge in [0, 0.05) is 10.0 Å². The summed E-state index contributed by atoms with van der Waals surface area (Å²) >= 11 is 9.72. The Labute approximate surface area is 162 Å². The minimum atomic E-state index is -0.239. The Morgan fingerprint density at radius 3 is 2.48 bits per heavy atom. The molecule has 25 heavy (non-hydrogen) atoms. The molecule has 1 amide bonds. The van der Waals surface area contributed by atoms with Gasteiger partial charge in [-0.15, -0.1) is 0 Å². The molecular weight excluding hydrogens is 402 g/mol. The highest BCUT2D eigenvalue weighted by atomic mass is 79.9. The molecule has 134 valence electrons. The van der Waals surface area contributed by atoms with Crippen molar-refractivity contribution in [3.63, 3.8) is 0 Å². The topological polar surface area (TPSA) is 38.3 Å². The van der Waals surface area contributed by atoms with E-state index < -0.39 is 0 Å². The van der Waals surface area contributed by atoms with Crippen molar-refractivity contribution in [2.45, 2.75) is 40.0 Å². The van der Waals surface area contributed by atoms with Crippen molar-refractivity contribution in [1.82, 2.24) is 0 Å². The van der Waals surface area contributed by atoms with Crippen LogP contribution < -0.4 is 10.1 Å². The SMILES string of the molecule is Cc1cc(C)c(NC(=O)COc2ccc(Br)cc2C(C)(C)C)c(Cl)c1. The van der Waals surface area contributed by atoms with Crippen LogP contribution in [0, 0.1) is 13.8 Å². The molecule has 2 aromatic carbocycles. The first-order valence-electron chi connectivity index (χ1n) is 8.07. The molecule has 0 aliphatic rings. The van der Waals surface area contributed by atoms with Gasteiger partial charge < -0.3 is 10.1 Å². The highest BCUT2D eigenvalue weighted by Gasteiger charge is 2.20. The summed E-state index contributed by atoms with van der Waals surface area (Å²) in [6, 6.07) is 9.62. The van der Waals surface area contributed by atoms with E-state index >= 15 is 0 Å². The third-order valence-corrected chi connectivity index (χ3v) is 4.60. The van der Waals surface area contributed by atoms with Crippen LogP contribution in [0.1, 0.15) is 37.5 Å². The number of benzene rings is 2. The number of anilines is 1. The second-order valence-corrected chi connectivity index (χ2v) is 8.49. The summed E-state index contributed by atoms with van der Waals surface area (Å²) in [4.78, 5) is 12.3. The monoisotopic (exact) mass is 423 g/mol. The van der Waals surface area contributed by atoms with Gasteiger partial charge in [0.15, 0.2) is 6.61 Å². The number of rotatable bonds is 4. The second-order valence-electron chi connectivity index (χ2n) is 7.17. The zero-order valence-corrected chi connectivity index (χ0v) is 17.5. The van der Waals surface area contributed by atoms with E-state index in [1.807, 2.05) is 44.2 Å². The van der Waals surface area contributed by atoms with Gasteiger partial charge in [-0.2, -0.15) is 0 Å². The lowest BCUT2D eigenvalue weighted by Gasteiger charge is -2.23. The maximum Gasteiger partial charge on any atom is 0.262 e. The van der Waals surface area contributed by atoms with Crippen molar-refractivity contribution < 1.29 is 9.53 Å². The molecule has 0 bridgehead atoms. The van der Waals surface area contributed by atoms with Crippen molar-refractivity contribution in [1.29, 1.82) is 0 Å². The summed E-state index contributed by atoms with van der Waals surface area (Å²) in [6.07, 6.45) is 0. The molecule has 0 aliphatic carbocycles. The molecule has 0 aliphatic heterocycles. The average molecular weight is 425 g/mol. The Hall–Kier alpha value is -1.52. The Morgan fingerprint density at radius 2 is 1.88 bits per heavy atom. The van der Waals surface area contributed by atoms with Crippen molar-refractivity contribution in [2.75, 3.05) is 11.9 Å². The van der Waals surface area contributed by atoms with Gasteiger partial charge >= 0.3 is 0 Å². The van der Waals surface area contributed by atoms with Gasteiger partial charge in [-0.3, -0.25) is 4.79 Å². The molecule has 0 aromatic heterocycles. The molecule has 0 saturated carbocycles. The normalized spacial score (nSPS) is 11.3. The summed E-state index contributed by atoms with van der Waals surface area (Å²) in [7, 11) is 0. The first-order chi connectivity index (χ1) is 11.6. The summed E-state index contributed by atoms with van der Waals surface area (Å²) in [5.74, 6) is 0.467. The molecule has 0 radical (unpaired) electrons. The van der Waals surface area contributed by atoms with Crippen LogP contribution in [0.5, 0.6) is 5.75 Å². The standard InChI is InChI=1S/C20H23BrClNO2/c1-12-8-13(2)19(16(22)9-12)23-18(24)11-25-17-7-6-14(21)10-15(17)20(3,4)5/h6-10H,11H2,1-5H3,(H,23,24). The van der Waals surface area contributed by atoms with Gasteiger partial charge in [0.1, 0.15) is 5.75 Å². The molecule has 0 spiro atoms. The van der Waals surface area contributed by atoms with Crippen LogP contribution in [-0.2, 0) is 10.2 Å². The highest BCUT2D eigenvalue weighted by molar-refractivity contribution is 9.10. The Kier molecular flexibility index (Phi) is 6.17. The van der Waals surface area contributed by atoms with E-state index in [2.05, 4.69) is 42.0 Å². The Balaban J connectivity index is 2.11. The van der Waals surface area contributed by atoms with Crippen LogP contribution >= 0.6 is 27.5 Å². The first kappa shape index (κ1) is 19.8. The predicted octanol–water partition coefficient (Wildman–Crippen LogP) is 6.03. The lowest BCUT2D eigenvalue weighted by molar-refractivity contribution is -0.118. The van der Waals surface area contributed by atoms with Crippen LogP contribution in [0.3, 0.4) is 0 Å². The molecule has 0 fully saturated rings. The van der Waals surface area contributed by atoms with E-state index in [0.717, 1.165) is 21.2 Å². The molecule has 2 rings (SSSR count). The van der Waals surface area contributed by atoms with E-state index in [4.69, 9.17) is 16.3 Å². The Morgan fingerprint density at radius 1 is 1.20 bits per heavy atom. The molecule has 3 nitrogen and oxygen atoms in total. The molecule has 0 saturated heterocycles. The largest absolute Gasteiger partial charge is 0.483 e. The summed E-state index contributed by atoms with van der Waals surface area (Å²) in [5, 5.41) is 3.37. The zero-order chi connectivity index (χ0) is 18.8. The number of nitrogens with one attached hydrogen (secondary N) is 1. The minimum Gasteiger partial charge on any atom is -0.483 e. The van der Waals surface area contributed by atoms with Gasteiger partial charge in [-0.1, -0.05) is 54.4 Å². The number of hydrogen-bond donors (Lipinski definition) is 1. The van der Waals surface area contributed by atoms with E-state index in [9.17, 15) is 4.79 Å². The minimum absolute atomic E-state index is 0.0750. The van der Waals surface area contributed by atoms with E-state index in [1.165, 1.54) is 0 Å². The van der Waals surface area contributed by atoms with E-state index in [1.54, 1.807) is 0 Å². The quantitative estimate of drug-likeness (QED) is 0.650. The number of halogens is 2. The van der Waals surface area contributed by atoms with E-state index in [0.29, 0.717) is 16.5 Å². The lowest BCUT2D eigenvalue weighted by atomic mass is 9.86. The second kappa shape index (κ2) is 7.79. The van der Waals surface area contributed by atoms with E-state index in [-0.39, 0.29) is 17.9 Å². The third kappa shape index (κ3) is 5.23. The summed E-state index contributed by atoms with van der Waals surface area (Å²) in [6.45, 7) is 10.1. The molecule has 2 aromatic rings. The number of carbonyl (C=O) groups is 1. The maximum atomic E-state index is 12.3. The number of amides is 1. The summed E-state index contributed by atoms with van der Waals surface area (Å²) in [5.41, 5.74) is 3.57. The highest BCUT2D eigenvalue weighted by Crippen LogP contribution is 2.33. The average Bonchev–Trinajstić information content (AvgIpc) is 2.48. The number of aryl methyl sites for hydroxylation is 2. The van der Waals surface area contributed by atoms with Gasteiger partial charge in [0.25, 0.3) is 5.91 Å². The summed E-state index contributed by atoms with van der Waals surface area (Å²) < 4.78 is 6.76. The lowest BCUT2D eigenvalue weighted by Crippen LogP contribution is -2.22. The molecule has 0 atom stereocenters. The van der Waals surface area contributed by atoms with Crippen molar-refractivity contribution >= 4 is 39.1 Å². The molecular formula is C20H23BrClNO2. The first-order valence-corrected chi connectivity index (χ1v) is 9.24. The number of ether oxygens (including phenoxy) is 1. The van der Waals surface area contributed by atoms with Crippen molar-refractivity contribution in [2.24, 2.45) is 0 Å². The smallest absolute Gasteiger partial charge is 0.262 e. The van der Waals surface area contributed by atoms with Crippen LogP contribution in [0.25, 0.3) is 0 Å². The molecule has 1 N–H and O–H groups in total. The van der Waals surface area contributed by atoms with Gasteiger partial charge in [-0.05, 0) is 54.7 Å². The fourth-order valence-corrected chi connectivity index (χ4v) is 3.34.